The fourth-order valence-corrected chi connectivity index (χ4v) is 1.24. The molecule has 0 aliphatic rings. The SMILES string of the molecule is CCC(=O)N[C@H](C)c1cccc(CO)n1. The number of nitrogens with zero attached hydrogens (tertiary/aromatic N) is 1. The number of hydrogen-bond donors (Lipinski definition) is 2. The van der Waals surface area contributed by atoms with Crippen LogP contribution >= 0.6 is 0 Å². The van der Waals surface area contributed by atoms with Gasteiger partial charge in [-0.05, 0) is 19.1 Å². The molecule has 4 heteroatoms. The van der Waals surface area contributed by atoms with Crippen molar-refractivity contribution in [1.82, 2.24) is 10.3 Å². The van der Waals surface area contributed by atoms with E-state index in [0.717, 1.165) is 5.69 Å². The molecule has 0 bridgehead atoms. The van der Waals surface area contributed by atoms with Gasteiger partial charge in [0.2, 0.25) is 5.91 Å². The number of carbonyl (C=O) groups excluding carboxylic acids is 1. The minimum atomic E-state index is -0.121. The number of hydrogen-bond acceptors (Lipinski definition) is 3. The molecule has 0 radical (unpaired) electrons. The molecule has 0 unspecified atom stereocenters. The van der Waals surface area contributed by atoms with Crippen molar-refractivity contribution in [2.75, 3.05) is 0 Å². The smallest absolute Gasteiger partial charge is 0.220 e. The van der Waals surface area contributed by atoms with Crippen molar-refractivity contribution in [3.05, 3.63) is 29.6 Å². The topological polar surface area (TPSA) is 62.2 Å². The number of aliphatic hydroxyl groups is 1. The van der Waals surface area contributed by atoms with Crippen molar-refractivity contribution in [2.45, 2.75) is 32.9 Å². The third-order valence-electron chi connectivity index (χ3n) is 2.13. The number of rotatable bonds is 4. The summed E-state index contributed by atoms with van der Waals surface area (Å²) in [6.45, 7) is 3.60. The number of pyridine rings is 1. The zero-order valence-corrected chi connectivity index (χ0v) is 9.03. The molecule has 1 amide bonds. The molecule has 1 aromatic heterocycles. The van der Waals surface area contributed by atoms with Gasteiger partial charge in [-0.3, -0.25) is 9.78 Å². The first kappa shape index (κ1) is 11.7. The summed E-state index contributed by atoms with van der Waals surface area (Å²) in [5.41, 5.74) is 1.38. The second kappa shape index (κ2) is 5.46. The fourth-order valence-electron chi connectivity index (χ4n) is 1.24. The largest absolute Gasteiger partial charge is 0.390 e. The summed E-state index contributed by atoms with van der Waals surface area (Å²) in [5, 5.41) is 11.7. The van der Waals surface area contributed by atoms with Gasteiger partial charge in [-0.15, -0.1) is 0 Å². The minimum absolute atomic E-state index is 0.00120. The molecule has 0 spiro atoms. The molecule has 1 atom stereocenters. The van der Waals surface area contributed by atoms with Gasteiger partial charge in [0.05, 0.1) is 24.0 Å². The van der Waals surface area contributed by atoms with E-state index in [1.807, 2.05) is 19.1 Å². The van der Waals surface area contributed by atoms with E-state index in [1.165, 1.54) is 0 Å². The summed E-state index contributed by atoms with van der Waals surface area (Å²) in [4.78, 5) is 15.4. The van der Waals surface area contributed by atoms with Gasteiger partial charge in [0, 0.05) is 6.42 Å². The third kappa shape index (κ3) is 3.32. The van der Waals surface area contributed by atoms with E-state index in [-0.39, 0.29) is 18.6 Å². The summed E-state index contributed by atoms with van der Waals surface area (Å²) in [5.74, 6) is -0.00120. The van der Waals surface area contributed by atoms with Crippen molar-refractivity contribution >= 4 is 5.91 Å². The highest BCUT2D eigenvalue weighted by atomic mass is 16.3. The first-order chi connectivity index (χ1) is 7.17. The lowest BCUT2D eigenvalue weighted by Gasteiger charge is -2.13. The van der Waals surface area contributed by atoms with Crippen LogP contribution in [0.15, 0.2) is 18.2 Å². The molecule has 0 aliphatic carbocycles. The van der Waals surface area contributed by atoms with Crippen molar-refractivity contribution in [1.29, 1.82) is 0 Å². The Labute approximate surface area is 89.3 Å². The van der Waals surface area contributed by atoms with Crippen LogP contribution in [0.2, 0.25) is 0 Å². The average molecular weight is 208 g/mol. The Kier molecular flexibility index (Phi) is 4.24. The van der Waals surface area contributed by atoms with Crippen LogP contribution in [-0.4, -0.2) is 16.0 Å². The van der Waals surface area contributed by atoms with Crippen LogP contribution in [0.5, 0.6) is 0 Å². The Balaban J connectivity index is 2.72. The first-order valence-electron chi connectivity index (χ1n) is 5.03. The maximum atomic E-state index is 11.2. The van der Waals surface area contributed by atoms with Crippen LogP contribution in [0.4, 0.5) is 0 Å². The van der Waals surface area contributed by atoms with E-state index in [1.54, 1.807) is 13.0 Å². The fraction of sp³-hybridized carbons (Fsp3) is 0.455. The molecule has 4 nitrogen and oxygen atoms in total. The highest BCUT2D eigenvalue weighted by molar-refractivity contribution is 5.75. The van der Waals surface area contributed by atoms with E-state index in [4.69, 9.17) is 5.11 Å². The van der Waals surface area contributed by atoms with Crippen LogP contribution < -0.4 is 5.32 Å². The van der Waals surface area contributed by atoms with E-state index < -0.39 is 0 Å². The van der Waals surface area contributed by atoms with Crippen molar-refractivity contribution in [3.63, 3.8) is 0 Å². The van der Waals surface area contributed by atoms with Crippen molar-refractivity contribution in [2.24, 2.45) is 0 Å². The number of aromatic nitrogens is 1. The maximum Gasteiger partial charge on any atom is 0.220 e. The number of amides is 1. The molecule has 1 aromatic rings. The predicted octanol–water partition coefficient (Wildman–Crippen LogP) is 1.16. The second-order valence-electron chi connectivity index (χ2n) is 3.35. The maximum absolute atomic E-state index is 11.2. The zero-order valence-electron chi connectivity index (χ0n) is 9.03. The standard InChI is InChI=1S/C11H16N2O2/c1-3-11(15)12-8(2)10-6-4-5-9(7-14)13-10/h4-6,8,14H,3,7H2,1-2H3,(H,12,15)/t8-/m1/s1. The highest BCUT2D eigenvalue weighted by Gasteiger charge is 2.09. The Bertz CT molecular complexity index is 339. The van der Waals surface area contributed by atoms with E-state index in [9.17, 15) is 4.79 Å². The molecule has 0 saturated carbocycles. The molecule has 15 heavy (non-hydrogen) atoms. The summed E-state index contributed by atoms with van der Waals surface area (Å²) in [7, 11) is 0. The van der Waals surface area contributed by atoms with Gasteiger partial charge in [-0.25, -0.2) is 0 Å². The van der Waals surface area contributed by atoms with Gasteiger partial charge in [-0.1, -0.05) is 13.0 Å². The molecule has 0 fully saturated rings. The Morgan fingerprint density at radius 1 is 1.60 bits per heavy atom. The van der Waals surface area contributed by atoms with Crippen molar-refractivity contribution in [3.8, 4) is 0 Å². The highest BCUT2D eigenvalue weighted by Crippen LogP contribution is 2.10. The van der Waals surface area contributed by atoms with Crippen LogP contribution in [0.1, 0.15) is 37.7 Å². The molecule has 82 valence electrons. The van der Waals surface area contributed by atoms with Gasteiger partial charge >= 0.3 is 0 Å². The van der Waals surface area contributed by atoms with Gasteiger partial charge < -0.3 is 10.4 Å². The molecule has 1 rings (SSSR count). The summed E-state index contributed by atoms with van der Waals surface area (Å²) in [6, 6.07) is 5.28. The van der Waals surface area contributed by atoms with Gasteiger partial charge in [0.15, 0.2) is 0 Å². The summed E-state index contributed by atoms with van der Waals surface area (Å²) in [6.07, 6.45) is 0.462. The minimum Gasteiger partial charge on any atom is -0.390 e. The molecular formula is C11H16N2O2. The lowest BCUT2D eigenvalue weighted by Crippen LogP contribution is -2.26. The number of nitrogens with one attached hydrogen (secondary N) is 1. The van der Waals surface area contributed by atoms with Gasteiger partial charge in [0.1, 0.15) is 0 Å². The first-order valence-corrected chi connectivity index (χ1v) is 5.03. The summed E-state index contributed by atoms with van der Waals surface area (Å²) >= 11 is 0. The van der Waals surface area contributed by atoms with Crippen LogP contribution in [0.25, 0.3) is 0 Å². The normalized spacial score (nSPS) is 12.2. The number of aliphatic hydroxyl groups excluding tert-OH is 1. The monoisotopic (exact) mass is 208 g/mol. The van der Waals surface area contributed by atoms with Crippen LogP contribution in [0, 0.1) is 0 Å². The predicted molar refractivity (Wildman–Crippen MR) is 57.0 cm³/mol. The quantitative estimate of drug-likeness (QED) is 0.780. The molecule has 0 saturated heterocycles. The Morgan fingerprint density at radius 3 is 2.93 bits per heavy atom. The van der Waals surface area contributed by atoms with E-state index in [0.29, 0.717) is 12.1 Å². The van der Waals surface area contributed by atoms with Crippen molar-refractivity contribution < 1.29 is 9.90 Å². The number of carbonyl (C=O) groups is 1. The summed E-state index contributed by atoms with van der Waals surface area (Å²) < 4.78 is 0. The molecule has 0 aliphatic heterocycles. The molecule has 0 aromatic carbocycles. The Hall–Kier alpha value is -1.42. The third-order valence-corrected chi connectivity index (χ3v) is 2.13. The lowest BCUT2D eigenvalue weighted by atomic mass is 10.2. The van der Waals surface area contributed by atoms with E-state index in [2.05, 4.69) is 10.3 Å². The zero-order chi connectivity index (χ0) is 11.3. The second-order valence-corrected chi connectivity index (χ2v) is 3.35. The molecule has 1 heterocycles. The Morgan fingerprint density at radius 2 is 2.33 bits per heavy atom. The molecule has 2 N–H and O–H groups in total. The molecular weight excluding hydrogens is 192 g/mol. The van der Waals surface area contributed by atoms with Crippen LogP contribution in [-0.2, 0) is 11.4 Å². The van der Waals surface area contributed by atoms with Crippen LogP contribution in [0.3, 0.4) is 0 Å². The lowest BCUT2D eigenvalue weighted by molar-refractivity contribution is -0.121. The average Bonchev–Trinajstić information content (AvgIpc) is 2.28. The van der Waals surface area contributed by atoms with E-state index >= 15 is 0 Å². The van der Waals surface area contributed by atoms with Gasteiger partial charge in [0.25, 0.3) is 0 Å². The van der Waals surface area contributed by atoms with Gasteiger partial charge in [-0.2, -0.15) is 0 Å².